The molecule has 1 unspecified atom stereocenters. The summed E-state index contributed by atoms with van der Waals surface area (Å²) in [7, 11) is 0. The Morgan fingerprint density at radius 3 is 2.80 bits per heavy atom. The summed E-state index contributed by atoms with van der Waals surface area (Å²) < 4.78 is 12.8. The molecule has 1 aliphatic heterocycles. The minimum absolute atomic E-state index is 0.0183. The predicted molar refractivity (Wildman–Crippen MR) is 75.7 cm³/mol. The molecule has 1 atom stereocenters. The van der Waals surface area contributed by atoms with Crippen molar-refractivity contribution >= 4 is 5.91 Å². The molecule has 0 radical (unpaired) electrons. The standard InChI is InChI=1S/C15H22FN3O/c1-12(14-6-5-13(16)11-18-14)17-8-7-15(20)19-9-3-2-4-10-19/h5-6,11-12,17H,2-4,7-10H2,1H3. The molecule has 1 fully saturated rings. The number of hydrogen-bond donors (Lipinski definition) is 1. The van der Waals surface area contributed by atoms with Crippen LogP contribution in [0.25, 0.3) is 0 Å². The third kappa shape index (κ3) is 4.27. The van der Waals surface area contributed by atoms with E-state index in [1.54, 1.807) is 6.07 Å². The minimum atomic E-state index is -0.332. The number of nitrogens with one attached hydrogen (secondary N) is 1. The van der Waals surface area contributed by atoms with Gasteiger partial charge in [-0.25, -0.2) is 4.39 Å². The van der Waals surface area contributed by atoms with Crippen molar-refractivity contribution < 1.29 is 9.18 Å². The first kappa shape index (κ1) is 14.9. The highest BCUT2D eigenvalue weighted by Crippen LogP contribution is 2.11. The fourth-order valence-corrected chi connectivity index (χ4v) is 2.44. The monoisotopic (exact) mass is 279 g/mol. The number of rotatable bonds is 5. The highest BCUT2D eigenvalue weighted by Gasteiger charge is 2.16. The fourth-order valence-electron chi connectivity index (χ4n) is 2.44. The number of amides is 1. The van der Waals surface area contributed by atoms with Crippen LogP contribution in [0.1, 0.15) is 44.3 Å². The first-order chi connectivity index (χ1) is 9.66. The van der Waals surface area contributed by atoms with E-state index in [1.807, 2.05) is 11.8 Å². The van der Waals surface area contributed by atoms with E-state index < -0.39 is 0 Å². The first-order valence-corrected chi connectivity index (χ1v) is 7.29. The van der Waals surface area contributed by atoms with Crippen molar-refractivity contribution in [2.24, 2.45) is 0 Å². The molecule has 0 bridgehead atoms. The van der Waals surface area contributed by atoms with Gasteiger partial charge in [-0.1, -0.05) is 0 Å². The van der Waals surface area contributed by atoms with Crippen LogP contribution in [0.3, 0.4) is 0 Å². The van der Waals surface area contributed by atoms with Gasteiger partial charge in [0.15, 0.2) is 0 Å². The van der Waals surface area contributed by atoms with E-state index in [1.165, 1.54) is 18.7 Å². The van der Waals surface area contributed by atoms with Crippen LogP contribution in [-0.4, -0.2) is 35.4 Å². The summed E-state index contributed by atoms with van der Waals surface area (Å²) in [6.07, 6.45) is 5.19. The maximum atomic E-state index is 12.8. The van der Waals surface area contributed by atoms with Gasteiger partial charge in [0.25, 0.3) is 0 Å². The van der Waals surface area contributed by atoms with Crippen LogP contribution in [0, 0.1) is 5.82 Å². The van der Waals surface area contributed by atoms with E-state index in [9.17, 15) is 9.18 Å². The van der Waals surface area contributed by atoms with Gasteiger partial charge in [-0.15, -0.1) is 0 Å². The third-order valence-electron chi connectivity index (χ3n) is 3.69. The van der Waals surface area contributed by atoms with Gasteiger partial charge in [-0.05, 0) is 38.3 Å². The maximum absolute atomic E-state index is 12.8. The number of carbonyl (C=O) groups excluding carboxylic acids is 1. The summed E-state index contributed by atoms with van der Waals surface area (Å²) in [6, 6.07) is 3.09. The Bertz CT molecular complexity index is 429. The lowest BCUT2D eigenvalue weighted by Crippen LogP contribution is -2.37. The average Bonchev–Trinajstić information content (AvgIpc) is 2.48. The van der Waals surface area contributed by atoms with Crippen molar-refractivity contribution in [2.75, 3.05) is 19.6 Å². The highest BCUT2D eigenvalue weighted by atomic mass is 19.1. The average molecular weight is 279 g/mol. The molecule has 1 N–H and O–H groups in total. The molecule has 1 aromatic rings. The van der Waals surface area contributed by atoms with E-state index in [2.05, 4.69) is 10.3 Å². The number of halogens is 1. The highest BCUT2D eigenvalue weighted by molar-refractivity contribution is 5.76. The quantitative estimate of drug-likeness (QED) is 0.899. The van der Waals surface area contributed by atoms with Crippen molar-refractivity contribution in [3.8, 4) is 0 Å². The molecule has 2 rings (SSSR count). The lowest BCUT2D eigenvalue weighted by molar-refractivity contribution is -0.132. The van der Waals surface area contributed by atoms with Gasteiger partial charge in [-0.2, -0.15) is 0 Å². The van der Waals surface area contributed by atoms with Gasteiger partial charge in [0.05, 0.1) is 11.9 Å². The largest absolute Gasteiger partial charge is 0.343 e. The zero-order valence-corrected chi connectivity index (χ0v) is 11.9. The maximum Gasteiger partial charge on any atom is 0.223 e. The van der Waals surface area contributed by atoms with E-state index in [0.29, 0.717) is 13.0 Å². The number of piperidine rings is 1. The molecule has 4 nitrogen and oxygen atoms in total. The molecule has 2 heterocycles. The Kier molecular flexibility index (Phi) is 5.47. The fraction of sp³-hybridized carbons (Fsp3) is 0.600. The molecule has 1 aliphatic rings. The van der Waals surface area contributed by atoms with Crippen molar-refractivity contribution in [3.63, 3.8) is 0 Å². The van der Waals surface area contributed by atoms with Gasteiger partial charge < -0.3 is 10.2 Å². The molecular formula is C15H22FN3O. The van der Waals surface area contributed by atoms with Crippen LogP contribution in [0.15, 0.2) is 18.3 Å². The Labute approximate surface area is 119 Å². The third-order valence-corrected chi connectivity index (χ3v) is 3.69. The van der Waals surface area contributed by atoms with Gasteiger partial charge >= 0.3 is 0 Å². The second-order valence-electron chi connectivity index (χ2n) is 5.27. The number of hydrogen-bond acceptors (Lipinski definition) is 3. The summed E-state index contributed by atoms with van der Waals surface area (Å²) in [6.45, 7) is 4.38. The van der Waals surface area contributed by atoms with Gasteiger partial charge in [-0.3, -0.25) is 9.78 Å². The molecule has 0 saturated carbocycles. The van der Waals surface area contributed by atoms with Gasteiger partial charge in [0.1, 0.15) is 5.82 Å². The molecule has 110 valence electrons. The Morgan fingerprint density at radius 1 is 1.40 bits per heavy atom. The van der Waals surface area contributed by atoms with Crippen LogP contribution in [0.4, 0.5) is 4.39 Å². The zero-order valence-electron chi connectivity index (χ0n) is 11.9. The van der Waals surface area contributed by atoms with Crippen molar-refractivity contribution in [3.05, 3.63) is 29.8 Å². The topological polar surface area (TPSA) is 45.2 Å². The predicted octanol–water partition coefficient (Wildman–Crippen LogP) is 2.27. The van der Waals surface area contributed by atoms with E-state index in [4.69, 9.17) is 0 Å². The molecule has 20 heavy (non-hydrogen) atoms. The van der Waals surface area contributed by atoms with Crippen molar-refractivity contribution in [2.45, 2.75) is 38.6 Å². The normalized spacial score (nSPS) is 17.0. The van der Waals surface area contributed by atoms with Crippen LogP contribution in [0.2, 0.25) is 0 Å². The number of likely N-dealkylation sites (tertiary alicyclic amines) is 1. The van der Waals surface area contributed by atoms with E-state index >= 15 is 0 Å². The Hall–Kier alpha value is -1.49. The minimum Gasteiger partial charge on any atom is -0.343 e. The molecule has 1 amide bonds. The smallest absolute Gasteiger partial charge is 0.223 e. The number of pyridine rings is 1. The van der Waals surface area contributed by atoms with Crippen LogP contribution in [0.5, 0.6) is 0 Å². The molecule has 0 spiro atoms. The summed E-state index contributed by atoms with van der Waals surface area (Å²) >= 11 is 0. The summed E-state index contributed by atoms with van der Waals surface area (Å²) in [5, 5.41) is 3.26. The molecule has 1 aromatic heterocycles. The molecule has 0 aliphatic carbocycles. The lowest BCUT2D eigenvalue weighted by atomic mass is 10.1. The van der Waals surface area contributed by atoms with E-state index in [-0.39, 0.29) is 17.8 Å². The van der Waals surface area contributed by atoms with Crippen LogP contribution >= 0.6 is 0 Å². The molecule has 0 aromatic carbocycles. The number of nitrogens with zero attached hydrogens (tertiary/aromatic N) is 2. The van der Waals surface area contributed by atoms with Gasteiger partial charge in [0, 0.05) is 32.1 Å². The Morgan fingerprint density at radius 2 is 2.15 bits per heavy atom. The van der Waals surface area contributed by atoms with Crippen molar-refractivity contribution in [1.82, 2.24) is 15.2 Å². The first-order valence-electron chi connectivity index (χ1n) is 7.29. The summed E-state index contributed by atoms with van der Waals surface area (Å²) in [5.74, 6) is -0.113. The second kappa shape index (κ2) is 7.33. The number of carbonyl (C=O) groups is 1. The number of aromatic nitrogens is 1. The summed E-state index contributed by atoms with van der Waals surface area (Å²) in [5.41, 5.74) is 0.789. The molecule has 1 saturated heterocycles. The SMILES string of the molecule is CC(NCCC(=O)N1CCCCC1)c1ccc(F)cn1. The lowest BCUT2D eigenvalue weighted by Gasteiger charge is -2.27. The van der Waals surface area contributed by atoms with Crippen LogP contribution < -0.4 is 5.32 Å². The van der Waals surface area contributed by atoms with Crippen molar-refractivity contribution in [1.29, 1.82) is 0 Å². The second-order valence-corrected chi connectivity index (χ2v) is 5.27. The Balaban J connectivity index is 1.72. The van der Waals surface area contributed by atoms with Gasteiger partial charge in [0.2, 0.25) is 5.91 Å². The van der Waals surface area contributed by atoms with Crippen LogP contribution in [-0.2, 0) is 4.79 Å². The molecule has 5 heteroatoms. The zero-order chi connectivity index (χ0) is 14.4. The molecular weight excluding hydrogens is 257 g/mol. The summed E-state index contributed by atoms with van der Waals surface area (Å²) in [4.78, 5) is 18.0. The van der Waals surface area contributed by atoms with E-state index in [0.717, 1.165) is 31.6 Å².